The van der Waals surface area contributed by atoms with Crippen LogP contribution in [0.1, 0.15) is 43.4 Å². The van der Waals surface area contributed by atoms with Gasteiger partial charge >= 0.3 is 0 Å². The molecule has 2 aromatic heterocycles. The smallest absolute Gasteiger partial charge is 0.226 e. The van der Waals surface area contributed by atoms with Gasteiger partial charge in [-0.25, -0.2) is 4.98 Å². The lowest BCUT2D eigenvalue weighted by atomic mass is 9.93. The number of nitrogens with zero attached hydrogens (tertiary/aromatic N) is 3. The van der Waals surface area contributed by atoms with Crippen LogP contribution >= 0.6 is 11.6 Å². The highest BCUT2D eigenvalue weighted by atomic mass is 35.5. The molecule has 5 rings (SSSR count). The summed E-state index contributed by atoms with van der Waals surface area (Å²) in [6, 6.07) is 10.4. The van der Waals surface area contributed by atoms with Crippen LogP contribution in [0, 0.1) is 0 Å². The Morgan fingerprint density at radius 3 is 2.79 bits per heavy atom. The molecular weight excluding hydrogens is 390 g/mol. The van der Waals surface area contributed by atoms with Gasteiger partial charge < -0.3 is 25.5 Å². The molecule has 8 heteroatoms. The van der Waals surface area contributed by atoms with E-state index in [1.54, 1.807) is 0 Å². The molecule has 0 radical (unpaired) electrons. The number of fused-ring (bicyclic) bond motifs is 2. The van der Waals surface area contributed by atoms with E-state index in [4.69, 9.17) is 32.5 Å². The van der Waals surface area contributed by atoms with Crippen LogP contribution in [0.5, 0.6) is 0 Å². The van der Waals surface area contributed by atoms with E-state index in [9.17, 15) is 0 Å². The normalized spacial score (nSPS) is 28.1. The average Bonchev–Trinajstić information content (AvgIpc) is 3.32. The van der Waals surface area contributed by atoms with Gasteiger partial charge in [0.1, 0.15) is 17.6 Å². The Bertz CT molecular complexity index is 1080. The molecule has 29 heavy (non-hydrogen) atoms. The zero-order valence-corrected chi connectivity index (χ0v) is 17.1. The fourth-order valence-corrected chi connectivity index (χ4v) is 4.97. The maximum Gasteiger partial charge on any atom is 0.226 e. The van der Waals surface area contributed by atoms with Gasteiger partial charge in [0.05, 0.1) is 17.5 Å². The fourth-order valence-electron chi connectivity index (χ4n) is 4.80. The molecular formula is C21H24ClN5O2. The molecule has 1 aliphatic carbocycles. The number of aromatic nitrogens is 3. The highest BCUT2D eigenvalue weighted by Crippen LogP contribution is 2.51. The summed E-state index contributed by atoms with van der Waals surface area (Å²) >= 11 is 6.09. The maximum atomic E-state index is 6.35. The third-order valence-electron chi connectivity index (χ3n) is 5.98. The predicted octanol–water partition coefficient (Wildman–Crippen LogP) is 3.37. The highest BCUT2D eigenvalue weighted by molar-refractivity contribution is 6.28. The lowest BCUT2D eigenvalue weighted by Gasteiger charge is -2.25. The highest BCUT2D eigenvalue weighted by Gasteiger charge is 2.55. The molecule has 1 aliphatic heterocycles. The van der Waals surface area contributed by atoms with E-state index in [0.717, 1.165) is 23.0 Å². The van der Waals surface area contributed by atoms with Gasteiger partial charge in [0.25, 0.3) is 0 Å². The third kappa shape index (κ3) is 3.09. The quantitative estimate of drug-likeness (QED) is 0.638. The number of nitrogens with two attached hydrogens (primary N) is 2. The van der Waals surface area contributed by atoms with Crippen molar-refractivity contribution in [3.05, 3.63) is 52.9 Å². The number of hydrogen-bond acceptors (Lipinski definition) is 6. The van der Waals surface area contributed by atoms with Gasteiger partial charge in [-0.1, -0.05) is 24.3 Å². The minimum atomic E-state index is -0.646. The molecule has 0 bridgehead atoms. The van der Waals surface area contributed by atoms with E-state index in [1.165, 1.54) is 5.56 Å². The minimum Gasteiger partial charge on any atom is -0.383 e. The molecule has 1 saturated heterocycles. The van der Waals surface area contributed by atoms with Crippen LogP contribution in [0.15, 0.2) is 36.5 Å². The first-order valence-electron chi connectivity index (χ1n) is 9.80. The monoisotopic (exact) mass is 413 g/mol. The molecule has 7 nitrogen and oxygen atoms in total. The van der Waals surface area contributed by atoms with Crippen LogP contribution in [-0.2, 0) is 16.0 Å². The number of anilines is 1. The first kappa shape index (κ1) is 18.8. The Hall–Kier alpha value is -2.19. The summed E-state index contributed by atoms with van der Waals surface area (Å²) in [7, 11) is 0. The summed E-state index contributed by atoms with van der Waals surface area (Å²) in [6.07, 6.45) is 2.67. The largest absolute Gasteiger partial charge is 0.383 e. The van der Waals surface area contributed by atoms with E-state index in [2.05, 4.69) is 32.7 Å². The second kappa shape index (κ2) is 6.67. The summed E-state index contributed by atoms with van der Waals surface area (Å²) in [5, 5.41) is 0.929. The Labute approximate surface area is 174 Å². The lowest BCUT2D eigenvalue weighted by molar-refractivity contribution is -0.157. The number of halogens is 1. The fraction of sp³-hybridized carbons (Fsp3) is 0.429. The number of nitrogen functional groups attached to an aromatic ring is 1. The first-order valence-corrected chi connectivity index (χ1v) is 10.2. The van der Waals surface area contributed by atoms with Crippen molar-refractivity contribution < 1.29 is 9.47 Å². The molecule has 4 N–H and O–H groups in total. The van der Waals surface area contributed by atoms with E-state index in [-0.39, 0.29) is 29.5 Å². The molecule has 152 valence electrons. The third-order valence-corrected chi connectivity index (χ3v) is 6.15. The van der Waals surface area contributed by atoms with Gasteiger partial charge in [-0.15, -0.1) is 0 Å². The van der Waals surface area contributed by atoms with E-state index in [0.29, 0.717) is 12.4 Å². The standard InChI is InChI=1S/C21H24ClN5O2/c1-21(2)28-16-14(12-5-3-4-11(8-12)10-23)9-15(17(16)29-21)27-7-6-13-18(24)25-20(22)26-19(13)27/h3-8,14-17H,9-10,23H2,1-2H3,(H2,24,25,26)/t14-,15-,16-,17+/m1/s1. The summed E-state index contributed by atoms with van der Waals surface area (Å²) in [6.45, 7) is 4.43. The summed E-state index contributed by atoms with van der Waals surface area (Å²) in [5.41, 5.74) is 15.0. The Morgan fingerprint density at radius 2 is 2.00 bits per heavy atom. The van der Waals surface area contributed by atoms with Crippen molar-refractivity contribution in [2.75, 3.05) is 5.73 Å². The Morgan fingerprint density at radius 1 is 1.21 bits per heavy atom. The Balaban J connectivity index is 1.59. The number of rotatable bonds is 3. The summed E-state index contributed by atoms with van der Waals surface area (Å²) in [4.78, 5) is 8.50. The summed E-state index contributed by atoms with van der Waals surface area (Å²) in [5.74, 6) is -0.0819. The Kier molecular flexibility index (Phi) is 4.33. The van der Waals surface area contributed by atoms with Crippen LogP contribution in [-0.4, -0.2) is 32.5 Å². The lowest BCUT2D eigenvalue weighted by Crippen LogP contribution is -2.27. The van der Waals surface area contributed by atoms with Gasteiger partial charge in [-0.05, 0) is 49.1 Å². The van der Waals surface area contributed by atoms with Crippen LogP contribution in [0.4, 0.5) is 5.82 Å². The molecule has 1 saturated carbocycles. The van der Waals surface area contributed by atoms with Crippen molar-refractivity contribution in [2.45, 2.75) is 56.8 Å². The van der Waals surface area contributed by atoms with Crippen LogP contribution in [0.2, 0.25) is 5.28 Å². The topological polar surface area (TPSA) is 101 Å². The molecule has 2 fully saturated rings. The molecule has 0 spiro atoms. The number of benzene rings is 1. The van der Waals surface area contributed by atoms with Crippen molar-refractivity contribution in [2.24, 2.45) is 5.73 Å². The van der Waals surface area contributed by atoms with Crippen LogP contribution in [0.25, 0.3) is 11.0 Å². The average molecular weight is 414 g/mol. The van der Waals surface area contributed by atoms with Crippen LogP contribution in [0.3, 0.4) is 0 Å². The number of hydrogen-bond donors (Lipinski definition) is 2. The first-order chi connectivity index (χ1) is 13.9. The molecule has 4 atom stereocenters. The zero-order chi connectivity index (χ0) is 20.3. The molecule has 3 aromatic rings. The van der Waals surface area contributed by atoms with Gasteiger partial charge in [-0.2, -0.15) is 4.98 Å². The van der Waals surface area contributed by atoms with E-state index >= 15 is 0 Å². The van der Waals surface area contributed by atoms with E-state index in [1.807, 2.05) is 32.2 Å². The van der Waals surface area contributed by atoms with Crippen LogP contribution < -0.4 is 11.5 Å². The number of ether oxygens (including phenoxy) is 2. The second-order valence-corrected chi connectivity index (χ2v) is 8.60. The van der Waals surface area contributed by atoms with Gasteiger partial charge in [0.2, 0.25) is 5.28 Å². The van der Waals surface area contributed by atoms with Gasteiger partial charge in [-0.3, -0.25) is 0 Å². The maximum absolute atomic E-state index is 6.35. The van der Waals surface area contributed by atoms with Gasteiger partial charge in [0, 0.05) is 18.7 Å². The van der Waals surface area contributed by atoms with Crippen molar-refractivity contribution in [3.63, 3.8) is 0 Å². The molecule has 2 aliphatic rings. The SMILES string of the molecule is CC1(C)O[C@@H]2[C@H](O1)[C@@H](c1cccc(CN)c1)C[C@H]2n1ccc2c(N)nc(Cl)nc21. The zero-order valence-electron chi connectivity index (χ0n) is 16.4. The second-order valence-electron chi connectivity index (χ2n) is 8.26. The van der Waals surface area contributed by atoms with Crippen molar-refractivity contribution in [1.82, 2.24) is 14.5 Å². The van der Waals surface area contributed by atoms with E-state index < -0.39 is 5.79 Å². The van der Waals surface area contributed by atoms with Gasteiger partial charge in [0.15, 0.2) is 5.79 Å². The molecule has 0 amide bonds. The van der Waals surface area contributed by atoms with Crippen molar-refractivity contribution >= 4 is 28.5 Å². The van der Waals surface area contributed by atoms with Crippen molar-refractivity contribution in [1.29, 1.82) is 0 Å². The molecule has 1 aromatic carbocycles. The predicted molar refractivity (Wildman–Crippen MR) is 112 cm³/mol. The molecule has 0 unspecified atom stereocenters. The minimum absolute atomic E-state index is 0.0381. The summed E-state index contributed by atoms with van der Waals surface area (Å²) < 4.78 is 14.8. The molecule has 3 heterocycles. The van der Waals surface area contributed by atoms with Crippen molar-refractivity contribution in [3.8, 4) is 0 Å².